The van der Waals surface area contributed by atoms with Gasteiger partial charge in [0.25, 0.3) is 0 Å². The SMILES string of the molecule is Cc1ccc(S(=O)(=O)C(C(=O)O)c2ccccc2)c(C)c1. The lowest BCUT2D eigenvalue weighted by Crippen LogP contribution is -2.22. The first kappa shape index (κ1) is 15.3. The van der Waals surface area contributed by atoms with Gasteiger partial charge in [-0.15, -0.1) is 0 Å². The molecule has 0 spiro atoms. The predicted octanol–water partition coefficient (Wildman–Crippen LogP) is 2.90. The van der Waals surface area contributed by atoms with E-state index >= 15 is 0 Å². The van der Waals surface area contributed by atoms with Crippen LogP contribution in [0.25, 0.3) is 0 Å². The van der Waals surface area contributed by atoms with Crippen molar-refractivity contribution >= 4 is 15.8 Å². The van der Waals surface area contributed by atoms with Crippen molar-refractivity contribution in [3.05, 3.63) is 65.2 Å². The number of aliphatic carboxylic acids is 1. The smallest absolute Gasteiger partial charge is 0.326 e. The van der Waals surface area contributed by atoms with Crippen LogP contribution in [0, 0.1) is 13.8 Å². The summed E-state index contributed by atoms with van der Waals surface area (Å²) >= 11 is 0. The molecule has 1 unspecified atom stereocenters. The van der Waals surface area contributed by atoms with Crippen LogP contribution in [0.2, 0.25) is 0 Å². The van der Waals surface area contributed by atoms with E-state index in [1.54, 1.807) is 37.3 Å². The van der Waals surface area contributed by atoms with Gasteiger partial charge < -0.3 is 5.11 Å². The summed E-state index contributed by atoms with van der Waals surface area (Å²) < 4.78 is 25.5. The van der Waals surface area contributed by atoms with Crippen LogP contribution in [-0.4, -0.2) is 19.5 Å². The van der Waals surface area contributed by atoms with E-state index in [1.807, 2.05) is 6.92 Å². The third-order valence-corrected chi connectivity index (χ3v) is 5.44. The van der Waals surface area contributed by atoms with Crippen LogP contribution < -0.4 is 0 Å². The number of rotatable bonds is 4. The summed E-state index contributed by atoms with van der Waals surface area (Å²) in [7, 11) is -4.00. The zero-order valence-electron chi connectivity index (χ0n) is 11.8. The number of hydrogen-bond donors (Lipinski definition) is 1. The van der Waals surface area contributed by atoms with Crippen LogP contribution in [0.1, 0.15) is 21.9 Å². The molecular formula is C16H16O4S. The van der Waals surface area contributed by atoms with Crippen molar-refractivity contribution in [1.29, 1.82) is 0 Å². The van der Waals surface area contributed by atoms with Crippen LogP contribution in [0.4, 0.5) is 0 Å². The summed E-state index contributed by atoms with van der Waals surface area (Å²) in [6, 6.07) is 12.9. The van der Waals surface area contributed by atoms with Crippen LogP contribution in [0.5, 0.6) is 0 Å². The molecule has 1 N–H and O–H groups in total. The molecule has 2 rings (SSSR count). The Morgan fingerprint density at radius 3 is 2.19 bits per heavy atom. The molecule has 0 aliphatic rings. The third kappa shape index (κ3) is 2.97. The molecule has 0 fully saturated rings. The summed E-state index contributed by atoms with van der Waals surface area (Å²) in [6.07, 6.45) is 0. The normalized spacial score (nSPS) is 12.9. The fourth-order valence-corrected chi connectivity index (χ4v) is 4.13. The number of carboxylic acid groups (broad SMARTS) is 1. The molecule has 0 aliphatic heterocycles. The molecule has 1 atom stereocenters. The topological polar surface area (TPSA) is 71.4 Å². The molecule has 2 aromatic carbocycles. The number of carboxylic acids is 1. The van der Waals surface area contributed by atoms with Gasteiger partial charge in [-0.05, 0) is 31.0 Å². The van der Waals surface area contributed by atoms with E-state index in [2.05, 4.69) is 0 Å². The molecule has 0 aliphatic carbocycles. The lowest BCUT2D eigenvalue weighted by Gasteiger charge is -2.16. The van der Waals surface area contributed by atoms with Gasteiger partial charge >= 0.3 is 5.97 Å². The molecule has 0 bridgehead atoms. The highest BCUT2D eigenvalue weighted by Gasteiger charge is 2.36. The maximum Gasteiger partial charge on any atom is 0.326 e. The average molecular weight is 304 g/mol. The number of hydrogen-bond acceptors (Lipinski definition) is 3. The molecule has 5 heteroatoms. The van der Waals surface area contributed by atoms with Crippen LogP contribution in [0.15, 0.2) is 53.4 Å². The standard InChI is InChI=1S/C16H16O4S/c1-11-8-9-14(12(2)10-11)21(19,20)15(16(17)18)13-6-4-3-5-7-13/h3-10,15H,1-2H3,(H,17,18). The van der Waals surface area contributed by atoms with E-state index in [0.29, 0.717) is 5.56 Å². The van der Waals surface area contributed by atoms with E-state index < -0.39 is 21.1 Å². The van der Waals surface area contributed by atoms with Gasteiger partial charge in [0.1, 0.15) is 0 Å². The first-order valence-corrected chi connectivity index (χ1v) is 7.97. The van der Waals surface area contributed by atoms with Crippen molar-refractivity contribution in [2.45, 2.75) is 24.0 Å². The van der Waals surface area contributed by atoms with E-state index in [9.17, 15) is 18.3 Å². The van der Waals surface area contributed by atoms with Gasteiger partial charge in [0.2, 0.25) is 0 Å². The molecule has 0 saturated heterocycles. The van der Waals surface area contributed by atoms with Crippen LogP contribution in [-0.2, 0) is 14.6 Å². The Bertz CT molecular complexity index is 764. The summed E-state index contributed by atoms with van der Waals surface area (Å²) in [5.41, 5.74) is 1.74. The van der Waals surface area contributed by atoms with Crippen molar-refractivity contribution in [3.8, 4) is 0 Å². The van der Waals surface area contributed by atoms with Crippen molar-refractivity contribution < 1.29 is 18.3 Å². The molecule has 0 heterocycles. The molecule has 2 aromatic rings. The van der Waals surface area contributed by atoms with Gasteiger partial charge in [-0.2, -0.15) is 0 Å². The summed E-state index contributed by atoms with van der Waals surface area (Å²) in [6.45, 7) is 3.53. The second-order valence-corrected chi connectivity index (χ2v) is 6.94. The maximum atomic E-state index is 12.7. The van der Waals surface area contributed by atoms with Gasteiger partial charge in [0, 0.05) is 0 Å². The number of aryl methyl sites for hydroxylation is 2. The fraction of sp³-hybridized carbons (Fsp3) is 0.188. The van der Waals surface area contributed by atoms with Crippen molar-refractivity contribution in [2.75, 3.05) is 0 Å². The largest absolute Gasteiger partial charge is 0.480 e. The first-order chi connectivity index (χ1) is 9.84. The van der Waals surface area contributed by atoms with E-state index in [0.717, 1.165) is 5.56 Å². The first-order valence-electron chi connectivity index (χ1n) is 6.43. The predicted molar refractivity (Wildman–Crippen MR) is 79.9 cm³/mol. The summed E-state index contributed by atoms with van der Waals surface area (Å²) in [4.78, 5) is 11.6. The Balaban J connectivity index is 2.61. The lowest BCUT2D eigenvalue weighted by molar-refractivity contribution is -0.136. The summed E-state index contributed by atoms with van der Waals surface area (Å²) in [5.74, 6) is -1.37. The second kappa shape index (κ2) is 5.69. The zero-order chi connectivity index (χ0) is 15.6. The molecule has 0 radical (unpaired) electrons. The van der Waals surface area contributed by atoms with Gasteiger partial charge in [0.15, 0.2) is 15.1 Å². The van der Waals surface area contributed by atoms with E-state index in [4.69, 9.17) is 0 Å². The van der Waals surface area contributed by atoms with Crippen LogP contribution >= 0.6 is 0 Å². The van der Waals surface area contributed by atoms with Gasteiger partial charge in [0.05, 0.1) is 4.90 Å². The van der Waals surface area contributed by atoms with Crippen LogP contribution in [0.3, 0.4) is 0 Å². The summed E-state index contributed by atoms with van der Waals surface area (Å²) in [5, 5.41) is 7.79. The lowest BCUT2D eigenvalue weighted by atomic mass is 10.1. The number of sulfone groups is 1. The van der Waals surface area contributed by atoms with Gasteiger partial charge in [-0.3, -0.25) is 4.79 Å². The zero-order valence-corrected chi connectivity index (χ0v) is 12.6. The Morgan fingerprint density at radius 2 is 1.67 bits per heavy atom. The Hall–Kier alpha value is -2.14. The average Bonchev–Trinajstić information content (AvgIpc) is 2.38. The molecule has 4 nitrogen and oxygen atoms in total. The highest BCUT2D eigenvalue weighted by molar-refractivity contribution is 7.92. The Kier molecular flexibility index (Phi) is 4.14. The molecule has 21 heavy (non-hydrogen) atoms. The van der Waals surface area contributed by atoms with Crippen molar-refractivity contribution in [3.63, 3.8) is 0 Å². The quantitative estimate of drug-likeness (QED) is 0.942. The minimum atomic E-state index is -4.00. The van der Waals surface area contributed by atoms with Gasteiger partial charge in [-0.1, -0.05) is 48.0 Å². The second-order valence-electron chi connectivity index (χ2n) is 4.94. The third-order valence-electron chi connectivity index (χ3n) is 3.27. The molecule has 110 valence electrons. The molecule has 0 saturated carbocycles. The van der Waals surface area contributed by atoms with Crippen molar-refractivity contribution in [2.24, 2.45) is 0 Å². The number of benzene rings is 2. The van der Waals surface area contributed by atoms with E-state index in [1.165, 1.54) is 18.2 Å². The minimum Gasteiger partial charge on any atom is -0.480 e. The monoisotopic (exact) mass is 304 g/mol. The highest BCUT2D eigenvalue weighted by Crippen LogP contribution is 2.31. The minimum absolute atomic E-state index is 0.0596. The molecule has 0 aromatic heterocycles. The van der Waals surface area contributed by atoms with Crippen molar-refractivity contribution in [1.82, 2.24) is 0 Å². The Labute approximate surface area is 124 Å². The Morgan fingerprint density at radius 1 is 1.05 bits per heavy atom. The molecule has 0 amide bonds. The fourth-order valence-electron chi connectivity index (χ4n) is 2.33. The molecular weight excluding hydrogens is 288 g/mol. The highest BCUT2D eigenvalue weighted by atomic mass is 32.2. The maximum absolute atomic E-state index is 12.7. The van der Waals surface area contributed by atoms with Gasteiger partial charge in [-0.25, -0.2) is 8.42 Å². The van der Waals surface area contributed by atoms with E-state index in [-0.39, 0.29) is 10.5 Å². The number of carbonyl (C=O) groups is 1.